The Hall–Kier alpha value is -2.65. The molecule has 0 atom stereocenters. The van der Waals surface area contributed by atoms with Crippen molar-refractivity contribution in [1.29, 1.82) is 0 Å². The quantitative estimate of drug-likeness (QED) is 0.647. The van der Waals surface area contributed by atoms with Crippen LogP contribution in [0.1, 0.15) is 5.01 Å². The summed E-state index contributed by atoms with van der Waals surface area (Å²) in [5.74, 6) is 1.11. The van der Waals surface area contributed by atoms with Crippen LogP contribution >= 0.6 is 11.5 Å². The Kier molecular flexibility index (Phi) is 4.71. The van der Waals surface area contributed by atoms with E-state index < -0.39 is 9.84 Å². The number of ether oxygens (including phenoxy) is 2. The van der Waals surface area contributed by atoms with E-state index in [0.717, 1.165) is 28.7 Å². The summed E-state index contributed by atoms with van der Waals surface area (Å²) in [5.41, 5.74) is 1.72. The first-order valence-corrected chi connectivity index (χ1v) is 10.7. The number of aromatic nitrogens is 2. The summed E-state index contributed by atoms with van der Waals surface area (Å²) in [6.07, 6.45) is 1.36. The zero-order valence-electron chi connectivity index (χ0n) is 14.5. The Morgan fingerprint density at radius 1 is 1.22 bits per heavy atom. The van der Waals surface area contributed by atoms with E-state index in [-0.39, 0.29) is 10.6 Å². The van der Waals surface area contributed by atoms with Gasteiger partial charge in [-0.1, -0.05) is 12.1 Å². The van der Waals surface area contributed by atoms with Crippen molar-refractivity contribution in [3.8, 4) is 11.5 Å². The van der Waals surface area contributed by atoms with Crippen molar-refractivity contribution >= 4 is 32.7 Å². The van der Waals surface area contributed by atoms with Crippen LogP contribution in [-0.4, -0.2) is 38.0 Å². The zero-order chi connectivity index (χ0) is 18.9. The average Bonchev–Trinajstić information content (AvgIpc) is 3.19. The van der Waals surface area contributed by atoms with E-state index in [1.165, 1.54) is 6.33 Å². The van der Waals surface area contributed by atoms with Crippen molar-refractivity contribution in [3.05, 3.63) is 53.8 Å². The van der Waals surface area contributed by atoms with Crippen molar-refractivity contribution in [3.63, 3.8) is 0 Å². The zero-order valence-corrected chi connectivity index (χ0v) is 16.2. The predicted octanol–water partition coefficient (Wildman–Crippen LogP) is 3.05. The van der Waals surface area contributed by atoms with Crippen LogP contribution in [0.5, 0.6) is 11.5 Å². The van der Waals surface area contributed by atoms with Gasteiger partial charge in [-0.15, -0.1) is 0 Å². The minimum atomic E-state index is -3.53. The highest BCUT2D eigenvalue weighted by molar-refractivity contribution is 7.90. The predicted molar refractivity (Wildman–Crippen MR) is 103 cm³/mol. The second-order valence-electron chi connectivity index (χ2n) is 5.90. The molecule has 0 amide bonds. The molecular weight excluding hydrogens is 386 g/mol. The summed E-state index contributed by atoms with van der Waals surface area (Å²) in [6, 6.07) is 12.7. The number of sulfone groups is 1. The van der Waals surface area contributed by atoms with Gasteiger partial charge in [0.1, 0.15) is 35.2 Å². The third-order valence-electron chi connectivity index (χ3n) is 4.25. The lowest BCUT2D eigenvalue weighted by molar-refractivity contribution is 0.312. The highest BCUT2D eigenvalue weighted by Crippen LogP contribution is 2.41. The second kappa shape index (κ2) is 7.16. The molecule has 3 aromatic rings. The molecule has 1 aliphatic rings. The molecule has 140 valence electrons. The summed E-state index contributed by atoms with van der Waals surface area (Å²) in [5, 5.41) is 0.462. The SMILES string of the molecule is COc1ccccc1N1CCOc2cc(S(=O)(=O)Cc3ncns3)ccc21. The fourth-order valence-corrected chi connectivity index (χ4v) is 5.12. The van der Waals surface area contributed by atoms with Crippen molar-refractivity contribution in [1.82, 2.24) is 9.36 Å². The number of hydrogen-bond acceptors (Lipinski definition) is 8. The molecule has 4 rings (SSSR count). The monoisotopic (exact) mass is 403 g/mol. The first-order chi connectivity index (χ1) is 13.1. The topological polar surface area (TPSA) is 81.6 Å². The fourth-order valence-electron chi connectivity index (χ4n) is 3.00. The number of hydrogen-bond donors (Lipinski definition) is 0. The van der Waals surface area contributed by atoms with Gasteiger partial charge in [-0.2, -0.15) is 4.37 Å². The van der Waals surface area contributed by atoms with E-state index >= 15 is 0 Å². The van der Waals surface area contributed by atoms with Crippen LogP contribution in [0.25, 0.3) is 0 Å². The van der Waals surface area contributed by atoms with Gasteiger partial charge in [0.25, 0.3) is 0 Å². The van der Waals surface area contributed by atoms with Crippen LogP contribution in [0.3, 0.4) is 0 Å². The fraction of sp³-hybridized carbons (Fsp3) is 0.222. The van der Waals surface area contributed by atoms with Gasteiger partial charge in [0.2, 0.25) is 0 Å². The maximum atomic E-state index is 12.7. The van der Waals surface area contributed by atoms with E-state index in [0.29, 0.717) is 23.9 Å². The Labute approximate surface area is 161 Å². The maximum absolute atomic E-state index is 12.7. The summed E-state index contributed by atoms with van der Waals surface area (Å²) < 4.78 is 40.4. The molecule has 1 aromatic heterocycles. The molecule has 7 nitrogen and oxygen atoms in total. The molecule has 2 aromatic carbocycles. The van der Waals surface area contributed by atoms with Crippen LogP contribution in [0.4, 0.5) is 11.4 Å². The molecule has 0 spiro atoms. The number of methoxy groups -OCH3 is 1. The minimum Gasteiger partial charge on any atom is -0.495 e. The number of benzene rings is 2. The van der Waals surface area contributed by atoms with E-state index in [2.05, 4.69) is 14.3 Å². The normalized spacial score (nSPS) is 13.7. The van der Waals surface area contributed by atoms with Crippen molar-refractivity contribution in [2.75, 3.05) is 25.2 Å². The third-order valence-corrected chi connectivity index (χ3v) is 6.72. The number of para-hydroxylation sites is 2. The van der Waals surface area contributed by atoms with Gasteiger partial charge in [-0.25, -0.2) is 13.4 Å². The van der Waals surface area contributed by atoms with Crippen LogP contribution in [-0.2, 0) is 15.6 Å². The van der Waals surface area contributed by atoms with Gasteiger partial charge in [-0.05, 0) is 35.8 Å². The number of anilines is 2. The van der Waals surface area contributed by atoms with Gasteiger partial charge in [0.15, 0.2) is 9.84 Å². The molecule has 0 saturated heterocycles. The van der Waals surface area contributed by atoms with Crippen molar-refractivity contribution < 1.29 is 17.9 Å². The minimum absolute atomic E-state index is 0.174. The van der Waals surface area contributed by atoms with Gasteiger partial charge < -0.3 is 14.4 Å². The Bertz CT molecular complexity index is 1050. The summed E-state index contributed by atoms with van der Waals surface area (Å²) in [4.78, 5) is 6.24. The Morgan fingerprint density at radius 2 is 2.07 bits per heavy atom. The molecule has 0 fully saturated rings. The van der Waals surface area contributed by atoms with Crippen molar-refractivity contribution in [2.24, 2.45) is 0 Å². The Morgan fingerprint density at radius 3 is 2.85 bits per heavy atom. The number of rotatable bonds is 5. The smallest absolute Gasteiger partial charge is 0.185 e. The second-order valence-corrected chi connectivity index (χ2v) is 8.75. The molecular formula is C18H17N3O4S2. The Balaban J connectivity index is 1.70. The molecule has 1 aliphatic heterocycles. The molecule has 0 bridgehead atoms. The first-order valence-electron chi connectivity index (χ1n) is 8.24. The van der Waals surface area contributed by atoms with Crippen LogP contribution in [0.2, 0.25) is 0 Å². The molecule has 2 heterocycles. The first kappa shape index (κ1) is 17.7. The lowest BCUT2D eigenvalue weighted by atomic mass is 10.2. The van der Waals surface area contributed by atoms with E-state index in [4.69, 9.17) is 9.47 Å². The van der Waals surface area contributed by atoms with Crippen LogP contribution in [0, 0.1) is 0 Å². The van der Waals surface area contributed by atoms with Gasteiger partial charge in [-0.3, -0.25) is 0 Å². The lowest BCUT2D eigenvalue weighted by Crippen LogP contribution is -2.29. The van der Waals surface area contributed by atoms with Gasteiger partial charge in [0, 0.05) is 6.07 Å². The van der Waals surface area contributed by atoms with Crippen LogP contribution in [0.15, 0.2) is 53.7 Å². The number of fused-ring (bicyclic) bond motifs is 1. The van der Waals surface area contributed by atoms with Crippen LogP contribution < -0.4 is 14.4 Å². The summed E-state index contributed by atoms with van der Waals surface area (Å²) in [6.45, 7) is 1.09. The van der Waals surface area contributed by atoms with Gasteiger partial charge in [0.05, 0.1) is 29.9 Å². The summed E-state index contributed by atoms with van der Waals surface area (Å²) >= 11 is 1.08. The number of nitrogens with zero attached hydrogens (tertiary/aromatic N) is 3. The van der Waals surface area contributed by atoms with Crippen molar-refractivity contribution in [2.45, 2.75) is 10.6 Å². The maximum Gasteiger partial charge on any atom is 0.185 e. The molecule has 0 N–H and O–H groups in total. The van der Waals surface area contributed by atoms with E-state index in [1.54, 1.807) is 25.3 Å². The molecule has 0 radical (unpaired) electrons. The molecule has 0 saturated carbocycles. The summed E-state index contributed by atoms with van der Waals surface area (Å²) in [7, 11) is -1.90. The molecule has 9 heteroatoms. The lowest BCUT2D eigenvalue weighted by Gasteiger charge is -2.32. The molecule has 27 heavy (non-hydrogen) atoms. The average molecular weight is 403 g/mol. The molecule has 0 aliphatic carbocycles. The molecule has 0 unspecified atom stereocenters. The standard InChI is InChI=1S/C18H17N3O4S2/c1-24-16-5-3-2-4-14(16)21-8-9-25-17-10-13(6-7-15(17)21)27(22,23)11-18-19-12-20-26-18/h2-7,10,12H,8-9,11H2,1H3. The van der Waals surface area contributed by atoms with Gasteiger partial charge >= 0.3 is 0 Å². The third kappa shape index (κ3) is 3.47. The van der Waals surface area contributed by atoms with E-state index in [1.807, 2.05) is 24.3 Å². The highest BCUT2D eigenvalue weighted by Gasteiger charge is 2.25. The van der Waals surface area contributed by atoms with E-state index in [9.17, 15) is 8.42 Å². The highest BCUT2D eigenvalue weighted by atomic mass is 32.2. The largest absolute Gasteiger partial charge is 0.495 e.